The molecule has 6 heteroatoms. The second-order valence-electron chi connectivity index (χ2n) is 5.69. The van der Waals surface area contributed by atoms with Gasteiger partial charge < -0.3 is 13.9 Å². The van der Waals surface area contributed by atoms with Gasteiger partial charge in [-0.15, -0.1) is 0 Å². The molecule has 1 fully saturated rings. The topological polar surface area (TPSA) is 54.5 Å². The van der Waals surface area contributed by atoms with Crippen molar-refractivity contribution in [3.8, 4) is 0 Å². The Bertz CT molecular complexity index is 620. The predicted molar refractivity (Wildman–Crippen MR) is 82.2 cm³/mol. The molecule has 0 saturated carbocycles. The highest BCUT2D eigenvalue weighted by Crippen LogP contribution is 2.24. The maximum atomic E-state index is 12.5. The second kappa shape index (κ2) is 6.36. The molecule has 118 valence electrons. The van der Waals surface area contributed by atoms with E-state index in [4.69, 9.17) is 4.42 Å². The van der Waals surface area contributed by atoms with Crippen LogP contribution in [0.15, 0.2) is 35.4 Å². The lowest BCUT2D eigenvalue weighted by molar-refractivity contribution is -0.133. The SMILES string of the molecule is CCN1CCN(C(=O)Cc2ccoc2)CC1c1nccn1C. The number of piperazine rings is 1. The number of carbonyl (C=O) groups is 1. The molecule has 22 heavy (non-hydrogen) atoms. The highest BCUT2D eigenvalue weighted by atomic mass is 16.3. The molecule has 2 aromatic rings. The molecule has 1 saturated heterocycles. The zero-order chi connectivity index (χ0) is 15.5. The largest absolute Gasteiger partial charge is 0.472 e. The van der Waals surface area contributed by atoms with Gasteiger partial charge in [0.15, 0.2) is 0 Å². The van der Waals surface area contributed by atoms with Gasteiger partial charge in [-0.25, -0.2) is 4.98 Å². The first-order valence-corrected chi connectivity index (χ1v) is 7.69. The minimum absolute atomic E-state index is 0.149. The Hall–Kier alpha value is -2.08. The van der Waals surface area contributed by atoms with Crippen molar-refractivity contribution in [3.05, 3.63) is 42.4 Å². The molecule has 0 aromatic carbocycles. The molecule has 1 unspecified atom stereocenters. The molecule has 3 heterocycles. The van der Waals surface area contributed by atoms with Gasteiger partial charge in [0, 0.05) is 39.1 Å². The van der Waals surface area contributed by atoms with Crippen LogP contribution in [-0.4, -0.2) is 51.4 Å². The number of carbonyl (C=O) groups excluding carboxylic acids is 1. The van der Waals surface area contributed by atoms with Crippen LogP contribution >= 0.6 is 0 Å². The van der Waals surface area contributed by atoms with E-state index in [9.17, 15) is 4.79 Å². The fourth-order valence-electron chi connectivity index (χ4n) is 3.05. The molecule has 0 N–H and O–H groups in total. The summed E-state index contributed by atoms with van der Waals surface area (Å²) < 4.78 is 7.08. The summed E-state index contributed by atoms with van der Waals surface area (Å²) in [6, 6.07) is 2.00. The Balaban J connectivity index is 1.73. The summed E-state index contributed by atoms with van der Waals surface area (Å²) in [5, 5.41) is 0. The van der Waals surface area contributed by atoms with Gasteiger partial charge in [0.2, 0.25) is 5.91 Å². The van der Waals surface area contributed by atoms with E-state index < -0.39 is 0 Å². The number of aromatic nitrogens is 2. The Morgan fingerprint density at radius 1 is 1.45 bits per heavy atom. The van der Waals surface area contributed by atoms with Crippen LogP contribution in [0.3, 0.4) is 0 Å². The molecule has 0 radical (unpaired) electrons. The number of likely N-dealkylation sites (N-methyl/N-ethyl adjacent to an activating group) is 1. The average molecular weight is 302 g/mol. The smallest absolute Gasteiger partial charge is 0.227 e. The van der Waals surface area contributed by atoms with Crippen LogP contribution < -0.4 is 0 Å². The fourth-order valence-corrected chi connectivity index (χ4v) is 3.05. The molecule has 1 aliphatic heterocycles. The van der Waals surface area contributed by atoms with Crippen LogP contribution in [0.5, 0.6) is 0 Å². The minimum Gasteiger partial charge on any atom is -0.472 e. The molecule has 1 atom stereocenters. The Morgan fingerprint density at radius 2 is 2.32 bits per heavy atom. The van der Waals surface area contributed by atoms with E-state index in [2.05, 4.69) is 16.8 Å². The third kappa shape index (κ3) is 2.92. The van der Waals surface area contributed by atoms with Gasteiger partial charge in [-0.05, 0) is 18.2 Å². The third-order valence-corrected chi connectivity index (χ3v) is 4.34. The van der Waals surface area contributed by atoms with E-state index in [-0.39, 0.29) is 11.9 Å². The summed E-state index contributed by atoms with van der Waals surface area (Å²) in [5.41, 5.74) is 0.927. The van der Waals surface area contributed by atoms with Gasteiger partial charge in [-0.3, -0.25) is 9.69 Å². The van der Waals surface area contributed by atoms with Crippen molar-refractivity contribution in [2.75, 3.05) is 26.2 Å². The monoisotopic (exact) mass is 302 g/mol. The lowest BCUT2D eigenvalue weighted by Gasteiger charge is -2.40. The molecule has 0 bridgehead atoms. The van der Waals surface area contributed by atoms with Crippen molar-refractivity contribution < 1.29 is 9.21 Å². The fraction of sp³-hybridized carbons (Fsp3) is 0.500. The maximum Gasteiger partial charge on any atom is 0.227 e. The first-order valence-electron chi connectivity index (χ1n) is 7.69. The summed E-state index contributed by atoms with van der Waals surface area (Å²) in [6.45, 7) is 5.45. The second-order valence-corrected chi connectivity index (χ2v) is 5.69. The van der Waals surface area contributed by atoms with Crippen LogP contribution in [-0.2, 0) is 18.3 Å². The number of aryl methyl sites for hydroxylation is 1. The Labute approximate surface area is 130 Å². The van der Waals surface area contributed by atoms with Crippen LogP contribution in [0.2, 0.25) is 0 Å². The standard InChI is InChI=1S/C16H22N4O2/c1-3-19-7-8-20(15(21)10-13-4-9-22-12-13)11-14(19)16-17-5-6-18(16)2/h4-6,9,12,14H,3,7-8,10-11H2,1-2H3. The van der Waals surface area contributed by atoms with Gasteiger partial charge in [0.05, 0.1) is 25.0 Å². The van der Waals surface area contributed by atoms with Crippen LogP contribution in [0.4, 0.5) is 0 Å². The first kappa shape index (κ1) is 14.8. The number of nitrogens with zero attached hydrogens (tertiary/aromatic N) is 4. The van der Waals surface area contributed by atoms with Gasteiger partial charge >= 0.3 is 0 Å². The predicted octanol–water partition coefficient (Wildman–Crippen LogP) is 1.46. The van der Waals surface area contributed by atoms with Gasteiger partial charge in [-0.2, -0.15) is 0 Å². The average Bonchev–Trinajstić information content (AvgIpc) is 3.18. The zero-order valence-electron chi connectivity index (χ0n) is 13.1. The van der Waals surface area contributed by atoms with E-state index in [0.717, 1.165) is 31.0 Å². The third-order valence-electron chi connectivity index (χ3n) is 4.34. The number of hydrogen-bond acceptors (Lipinski definition) is 4. The van der Waals surface area contributed by atoms with Crippen LogP contribution in [0, 0.1) is 0 Å². The molecule has 6 nitrogen and oxygen atoms in total. The van der Waals surface area contributed by atoms with Crippen LogP contribution in [0.25, 0.3) is 0 Å². The summed E-state index contributed by atoms with van der Waals surface area (Å²) in [6.07, 6.45) is 7.41. The lowest BCUT2D eigenvalue weighted by Crippen LogP contribution is -2.51. The quantitative estimate of drug-likeness (QED) is 0.858. The summed E-state index contributed by atoms with van der Waals surface area (Å²) in [7, 11) is 2.00. The maximum absolute atomic E-state index is 12.5. The van der Waals surface area contributed by atoms with Gasteiger partial charge in [0.25, 0.3) is 0 Å². The van der Waals surface area contributed by atoms with Crippen LogP contribution in [0.1, 0.15) is 24.4 Å². The van der Waals surface area contributed by atoms with E-state index in [1.165, 1.54) is 0 Å². The van der Waals surface area contributed by atoms with Crippen molar-refractivity contribution in [3.63, 3.8) is 0 Å². The van der Waals surface area contributed by atoms with E-state index in [0.29, 0.717) is 13.0 Å². The molecule has 1 amide bonds. The van der Waals surface area contributed by atoms with E-state index >= 15 is 0 Å². The van der Waals surface area contributed by atoms with Crippen molar-refractivity contribution in [1.82, 2.24) is 19.4 Å². The molecular formula is C16H22N4O2. The molecule has 0 spiro atoms. The Morgan fingerprint density at radius 3 is 2.95 bits per heavy atom. The van der Waals surface area contributed by atoms with Gasteiger partial charge in [-0.1, -0.05) is 6.92 Å². The number of imidazole rings is 1. The number of hydrogen-bond donors (Lipinski definition) is 0. The molecule has 3 rings (SSSR count). The number of amides is 1. The Kier molecular flexibility index (Phi) is 4.29. The zero-order valence-corrected chi connectivity index (χ0v) is 13.1. The highest BCUT2D eigenvalue weighted by Gasteiger charge is 2.31. The molecule has 2 aromatic heterocycles. The van der Waals surface area contributed by atoms with E-state index in [1.807, 2.05) is 35.0 Å². The summed E-state index contributed by atoms with van der Waals surface area (Å²) in [5.74, 6) is 1.17. The van der Waals surface area contributed by atoms with Gasteiger partial charge in [0.1, 0.15) is 5.82 Å². The van der Waals surface area contributed by atoms with Crippen molar-refractivity contribution in [1.29, 1.82) is 0 Å². The first-order chi connectivity index (χ1) is 10.7. The summed E-state index contributed by atoms with van der Waals surface area (Å²) in [4.78, 5) is 21.3. The number of rotatable bonds is 4. The van der Waals surface area contributed by atoms with Crippen molar-refractivity contribution >= 4 is 5.91 Å². The van der Waals surface area contributed by atoms with Crippen molar-refractivity contribution in [2.45, 2.75) is 19.4 Å². The minimum atomic E-state index is 0.149. The highest BCUT2D eigenvalue weighted by molar-refractivity contribution is 5.78. The van der Waals surface area contributed by atoms with E-state index in [1.54, 1.807) is 12.5 Å². The molecular weight excluding hydrogens is 280 g/mol. The van der Waals surface area contributed by atoms with Crippen molar-refractivity contribution in [2.24, 2.45) is 7.05 Å². The summed E-state index contributed by atoms with van der Waals surface area (Å²) >= 11 is 0. The molecule has 1 aliphatic rings. The molecule has 0 aliphatic carbocycles. The normalized spacial score (nSPS) is 19.5. The number of furan rings is 1. The lowest BCUT2D eigenvalue weighted by atomic mass is 10.1.